The molecule has 3 aliphatic heterocycles. The van der Waals surface area contributed by atoms with Gasteiger partial charge in [-0.05, 0) is 55.3 Å². The van der Waals surface area contributed by atoms with Crippen LogP contribution >= 0.6 is 11.8 Å². The zero-order valence-electron chi connectivity index (χ0n) is 21.4. The van der Waals surface area contributed by atoms with Crippen molar-refractivity contribution in [3.63, 3.8) is 0 Å². The number of amides is 2. The molecule has 0 radical (unpaired) electrons. The lowest BCUT2D eigenvalue weighted by atomic mass is 10.1. The third-order valence-electron chi connectivity index (χ3n) is 6.93. The monoisotopic (exact) mass is 540 g/mol. The third-order valence-corrected chi connectivity index (χ3v) is 7.84. The summed E-state index contributed by atoms with van der Waals surface area (Å²) in [6, 6.07) is 17.8. The Morgan fingerprint density at radius 2 is 1.85 bits per heavy atom. The number of carbonyl (C=O) groups excluding carboxylic acids is 2. The van der Waals surface area contributed by atoms with Crippen LogP contribution in [0.2, 0.25) is 0 Å². The average molecular weight is 541 g/mol. The van der Waals surface area contributed by atoms with Crippen molar-refractivity contribution >= 4 is 56.6 Å². The van der Waals surface area contributed by atoms with E-state index in [1.165, 1.54) is 16.8 Å². The Bertz CT molecular complexity index is 1530. The van der Waals surface area contributed by atoms with Crippen LogP contribution in [0.1, 0.15) is 31.2 Å². The van der Waals surface area contributed by atoms with Gasteiger partial charge < -0.3 is 14.2 Å². The fourth-order valence-corrected chi connectivity index (χ4v) is 5.86. The zero-order valence-corrected chi connectivity index (χ0v) is 22.2. The molecule has 6 rings (SSSR count). The molecule has 0 unspecified atom stereocenters. The van der Waals surface area contributed by atoms with E-state index >= 15 is 0 Å². The van der Waals surface area contributed by atoms with Crippen LogP contribution in [0.25, 0.3) is 17.0 Å². The quantitative estimate of drug-likeness (QED) is 0.328. The second kappa shape index (κ2) is 10.9. The summed E-state index contributed by atoms with van der Waals surface area (Å²) in [5, 5.41) is 16.4. The normalized spacial score (nSPS) is 18.1. The molecule has 3 aromatic rings. The smallest absolute Gasteiger partial charge is 0.283 e. The van der Waals surface area contributed by atoms with Crippen molar-refractivity contribution in [1.29, 1.82) is 5.41 Å². The summed E-state index contributed by atoms with van der Waals surface area (Å²) in [6.07, 6.45) is 6.73. The Balaban J connectivity index is 1.19. The van der Waals surface area contributed by atoms with E-state index in [0.29, 0.717) is 16.8 Å². The molecule has 10 heteroatoms. The number of para-hydroxylation sites is 2. The van der Waals surface area contributed by atoms with Gasteiger partial charge in [0.15, 0.2) is 5.84 Å². The minimum absolute atomic E-state index is 0.0230. The lowest BCUT2D eigenvalue weighted by Gasteiger charge is -2.20. The average Bonchev–Trinajstić information content (AvgIpc) is 3.69. The Hall–Kier alpha value is -4.18. The first kappa shape index (κ1) is 25.1. The van der Waals surface area contributed by atoms with Gasteiger partial charge in [-0.1, -0.05) is 36.4 Å². The summed E-state index contributed by atoms with van der Waals surface area (Å²) in [7, 11) is 0. The number of ether oxygens (including phenoxy) is 1. The van der Waals surface area contributed by atoms with Crippen molar-refractivity contribution in [3.05, 3.63) is 71.9 Å². The number of aliphatic imine (C=N–C) groups is 1. The van der Waals surface area contributed by atoms with Gasteiger partial charge in [0.1, 0.15) is 10.8 Å². The number of carbonyl (C=O) groups is 2. The van der Waals surface area contributed by atoms with E-state index in [1.807, 2.05) is 65.7 Å². The van der Waals surface area contributed by atoms with Crippen LogP contribution in [0, 0.1) is 5.41 Å². The van der Waals surface area contributed by atoms with Gasteiger partial charge >= 0.3 is 0 Å². The van der Waals surface area contributed by atoms with Crippen LogP contribution in [-0.2, 0) is 16.1 Å². The van der Waals surface area contributed by atoms with Crippen LogP contribution in [0.3, 0.4) is 0 Å². The molecule has 1 saturated heterocycles. The maximum absolute atomic E-state index is 13.0. The topological polar surface area (TPSA) is 103 Å². The molecule has 2 amide bonds. The molecule has 9 nitrogen and oxygen atoms in total. The molecule has 1 fully saturated rings. The van der Waals surface area contributed by atoms with Crippen LogP contribution in [0.15, 0.2) is 76.5 Å². The highest BCUT2D eigenvalue weighted by molar-refractivity contribution is 8.27. The fourth-order valence-electron chi connectivity index (χ4n) is 4.98. The lowest BCUT2D eigenvalue weighted by Crippen LogP contribution is -2.35. The minimum atomic E-state index is -0.478. The molecular weight excluding hydrogens is 512 g/mol. The SMILES string of the molecule is N=C1/C(=C/c2cn(CCCOc3ccccc3)c3ccccc23)C(=O)N=C2SC(CC(=O)N3CCCC3)=NN12. The van der Waals surface area contributed by atoms with Crippen LogP contribution in [0.5, 0.6) is 5.75 Å². The predicted octanol–water partition coefficient (Wildman–Crippen LogP) is 4.74. The second-order valence-electron chi connectivity index (χ2n) is 9.59. The number of hydrogen-bond acceptors (Lipinski definition) is 6. The highest BCUT2D eigenvalue weighted by Crippen LogP contribution is 2.31. The molecule has 0 atom stereocenters. The van der Waals surface area contributed by atoms with Crippen LogP contribution < -0.4 is 4.74 Å². The van der Waals surface area contributed by atoms with Gasteiger partial charge in [0.05, 0.1) is 18.6 Å². The first-order valence-corrected chi connectivity index (χ1v) is 13.9. The highest BCUT2D eigenvalue weighted by Gasteiger charge is 2.36. The molecular formula is C29H28N6O3S. The molecule has 0 bridgehead atoms. The number of aromatic nitrogens is 1. The zero-order chi connectivity index (χ0) is 26.8. The first-order chi connectivity index (χ1) is 19.1. The number of nitrogens with one attached hydrogen (secondary N) is 1. The summed E-state index contributed by atoms with van der Waals surface area (Å²) >= 11 is 1.19. The van der Waals surface area contributed by atoms with Crippen molar-refractivity contribution in [2.24, 2.45) is 10.1 Å². The molecule has 1 N–H and O–H groups in total. The lowest BCUT2D eigenvalue weighted by molar-refractivity contribution is -0.128. The van der Waals surface area contributed by atoms with Crippen molar-refractivity contribution in [2.45, 2.75) is 32.2 Å². The van der Waals surface area contributed by atoms with Gasteiger partial charge in [-0.25, -0.2) is 0 Å². The van der Waals surface area contributed by atoms with Gasteiger partial charge in [-0.2, -0.15) is 15.1 Å². The van der Waals surface area contributed by atoms with E-state index in [9.17, 15) is 9.59 Å². The standard InChI is InChI=1S/C29H28N6O3S/c30-27-23(28(37)31-29-35(27)32-25(39-29)18-26(36)33-13-6-7-14-33)17-20-19-34(24-12-5-4-11-22(20)24)15-8-16-38-21-9-2-1-3-10-21/h1-5,9-12,17,19,30H,6-8,13-16,18H2/b23-17-,30-27?. The number of likely N-dealkylation sites (tertiary alicyclic amines) is 1. The predicted molar refractivity (Wildman–Crippen MR) is 154 cm³/mol. The summed E-state index contributed by atoms with van der Waals surface area (Å²) in [5.41, 5.74) is 2.05. The number of rotatable bonds is 8. The number of amidine groups is 2. The van der Waals surface area contributed by atoms with Gasteiger partial charge in [0.25, 0.3) is 5.91 Å². The van der Waals surface area contributed by atoms with Crippen LogP contribution in [0.4, 0.5) is 0 Å². The molecule has 2 aromatic carbocycles. The number of thioether (sulfide) groups is 1. The van der Waals surface area contributed by atoms with Crippen molar-refractivity contribution in [3.8, 4) is 5.75 Å². The fraction of sp³-hybridized carbons (Fsp3) is 0.276. The number of nitrogens with zero attached hydrogens (tertiary/aromatic N) is 5. The highest BCUT2D eigenvalue weighted by atomic mass is 32.2. The Morgan fingerprint density at radius 1 is 1.08 bits per heavy atom. The van der Waals surface area contributed by atoms with Gasteiger partial charge in [-0.15, -0.1) is 0 Å². The first-order valence-electron chi connectivity index (χ1n) is 13.1. The molecule has 4 heterocycles. The largest absolute Gasteiger partial charge is 0.494 e. The maximum Gasteiger partial charge on any atom is 0.283 e. The Labute approximate surface area is 230 Å². The second-order valence-corrected chi connectivity index (χ2v) is 10.6. The molecule has 3 aliphatic rings. The van der Waals surface area contributed by atoms with Crippen molar-refractivity contribution < 1.29 is 14.3 Å². The third kappa shape index (κ3) is 5.24. The molecule has 0 aliphatic carbocycles. The summed E-state index contributed by atoms with van der Waals surface area (Å²) in [6.45, 7) is 2.87. The summed E-state index contributed by atoms with van der Waals surface area (Å²) in [5.74, 6) is 0.360. The van der Waals surface area contributed by atoms with E-state index < -0.39 is 5.91 Å². The van der Waals surface area contributed by atoms with E-state index in [0.717, 1.165) is 61.1 Å². The number of benzene rings is 2. The molecule has 1 aromatic heterocycles. The van der Waals surface area contributed by atoms with Crippen molar-refractivity contribution in [2.75, 3.05) is 19.7 Å². The van der Waals surface area contributed by atoms with E-state index in [4.69, 9.17) is 10.1 Å². The molecule has 0 spiro atoms. The van der Waals surface area contributed by atoms with Gasteiger partial charge in [0, 0.05) is 42.3 Å². The molecule has 198 valence electrons. The van der Waals surface area contributed by atoms with Gasteiger partial charge in [-0.3, -0.25) is 15.0 Å². The van der Waals surface area contributed by atoms with E-state index in [-0.39, 0.29) is 23.7 Å². The molecule has 0 saturated carbocycles. The summed E-state index contributed by atoms with van der Waals surface area (Å²) in [4.78, 5) is 31.6. The summed E-state index contributed by atoms with van der Waals surface area (Å²) < 4.78 is 7.99. The molecule has 39 heavy (non-hydrogen) atoms. The van der Waals surface area contributed by atoms with Crippen LogP contribution in [-0.4, -0.2) is 62.0 Å². The van der Waals surface area contributed by atoms with E-state index in [2.05, 4.69) is 14.7 Å². The number of hydrogen-bond donors (Lipinski definition) is 1. The Kier molecular flexibility index (Phi) is 7.02. The number of aryl methyl sites for hydroxylation is 1. The van der Waals surface area contributed by atoms with Crippen molar-refractivity contribution in [1.82, 2.24) is 14.5 Å². The van der Waals surface area contributed by atoms with E-state index in [1.54, 1.807) is 6.08 Å². The Morgan fingerprint density at radius 3 is 2.67 bits per heavy atom. The minimum Gasteiger partial charge on any atom is -0.494 e. The number of fused-ring (bicyclic) bond motifs is 2. The maximum atomic E-state index is 13.0. The van der Waals surface area contributed by atoms with Gasteiger partial charge in [0.2, 0.25) is 11.1 Å². The number of hydrazone groups is 1.